The fourth-order valence-corrected chi connectivity index (χ4v) is 4.78. The summed E-state index contributed by atoms with van der Waals surface area (Å²) in [5, 5.41) is 2.23. The Hall–Kier alpha value is -1.38. The Bertz CT molecular complexity index is 682. The Morgan fingerprint density at radius 2 is 1.83 bits per heavy atom. The van der Waals surface area contributed by atoms with Crippen LogP contribution in [0.1, 0.15) is 32.8 Å². The van der Waals surface area contributed by atoms with Crippen LogP contribution in [0.2, 0.25) is 18.1 Å². The Morgan fingerprint density at radius 1 is 1.24 bits per heavy atom. The van der Waals surface area contributed by atoms with Crippen LogP contribution in [0.15, 0.2) is 30.3 Å². The average Bonchev–Trinajstić information content (AvgIpc) is 2.86. The fraction of sp³-hybridized carbons (Fsp3) is 0.667. The lowest BCUT2D eigenvalue weighted by Crippen LogP contribution is -2.51. The van der Waals surface area contributed by atoms with Gasteiger partial charge >= 0.3 is 0 Å². The fourth-order valence-electron chi connectivity index (χ4n) is 3.48. The largest absolute Gasteiger partial charge is 0.409 e. The Morgan fingerprint density at radius 3 is 2.31 bits per heavy atom. The second-order valence-electron chi connectivity index (χ2n) is 9.21. The van der Waals surface area contributed by atoms with Crippen molar-refractivity contribution >= 4 is 14.2 Å². The van der Waals surface area contributed by atoms with Gasteiger partial charge in [0.15, 0.2) is 8.32 Å². The van der Waals surface area contributed by atoms with E-state index >= 15 is 4.39 Å². The summed E-state index contributed by atoms with van der Waals surface area (Å²) in [7, 11) is -1.04. The van der Waals surface area contributed by atoms with Gasteiger partial charge in [0, 0.05) is 20.0 Å². The molecule has 164 valence electrons. The van der Waals surface area contributed by atoms with Crippen LogP contribution in [0.5, 0.6) is 0 Å². The number of alkyl halides is 3. The molecule has 1 fully saturated rings. The lowest BCUT2D eigenvalue weighted by molar-refractivity contribution is -0.122. The van der Waals surface area contributed by atoms with E-state index in [0.29, 0.717) is 0 Å². The van der Waals surface area contributed by atoms with E-state index in [4.69, 9.17) is 4.43 Å². The van der Waals surface area contributed by atoms with Crippen molar-refractivity contribution < 1.29 is 22.4 Å². The number of nitrogens with zero attached hydrogens (tertiary/aromatic N) is 1. The molecule has 0 bridgehead atoms. The van der Waals surface area contributed by atoms with E-state index in [1.807, 2.05) is 64.2 Å². The number of halogens is 3. The van der Waals surface area contributed by atoms with Crippen LogP contribution in [0.25, 0.3) is 0 Å². The van der Waals surface area contributed by atoms with Crippen molar-refractivity contribution in [3.8, 4) is 0 Å². The van der Waals surface area contributed by atoms with Crippen molar-refractivity contribution in [2.24, 2.45) is 0 Å². The maximum absolute atomic E-state index is 15.6. The number of carbonyl (C=O) groups excluding carboxylic acids is 1. The minimum Gasteiger partial charge on any atom is -0.409 e. The second-order valence-corrected chi connectivity index (χ2v) is 14.0. The lowest BCUT2D eigenvalue weighted by Gasteiger charge is -2.40. The molecule has 1 N–H and O–H groups in total. The van der Waals surface area contributed by atoms with Crippen LogP contribution >= 0.6 is 0 Å². The van der Waals surface area contributed by atoms with E-state index in [1.54, 1.807) is 0 Å². The Kier molecular flexibility index (Phi) is 7.56. The van der Waals surface area contributed by atoms with E-state index < -0.39 is 39.1 Å². The third kappa shape index (κ3) is 5.41. The Balaban J connectivity index is 2.41. The molecule has 1 saturated heterocycles. The minimum atomic E-state index is -2.79. The average molecular weight is 431 g/mol. The molecule has 0 radical (unpaired) electrons. The van der Waals surface area contributed by atoms with Gasteiger partial charge in [0.2, 0.25) is 5.91 Å². The molecule has 1 aliphatic heterocycles. The zero-order valence-corrected chi connectivity index (χ0v) is 19.1. The number of hydrogen-bond acceptors (Lipinski definition) is 3. The number of rotatable bonds is 7. The van der Waals surface area contributed by atoms with Gasteiger partial charge in [-0.15, -0.1) is 0 Å². The summed E-state index contributed by atoms with van der Waals surface area (Å²) in [5.41, 5.74) is 0.792. The summed E-state index contributed by atoms with van der Waals surface area (Å²) in [6, 6.07) is 6.71. The molecule has 0 aromatic heterocycles. The van der Waals surface area contributed by atoms with Crippen molar-refractivity contribution in [2.45, 2.75) is 82.7 Å². The first-order valence-corrected chi connectivity index (χ1v) is 12.9. The zero-order valence-electron chi connectivity index (χ0n) is 18.1. The summed E-state index contributed by atoms with van der Waals surface area (Å²) < 4.78 is 50.2. The summed E-state index contributed by atoms with van der Waals surface area (Å²) in [4.78, 5) is 13.4. The van der Waals surface area contributed by atoms with Crippen LogP contribution < -0.4 is 5.32 Å². The highest BCUT2D eigenvalue weighted by Crippen LogP contribution is 2.43. The standard InChI is InChI=1S/C21H33F3N2O2Si/c1-21(2,3)29(5,6)28-19-17(22)15(12-16(27)25-4)26(18(19)20(23)24)13-14-10-8-7-9-11-14/h7-11,15,17-20H,12-13H2,1-6H3,(H,25,27)/t15-,17-,18+,19+/m1/s1. The molecule has 29 heavy (non-hydrogen) atoms. The van der Waals surface area contributed by atoms with Crippen molar-refractivity contribution in [3.05, 3.63) is 35.9 Å². The van der Waals surface area contributed by atoms with Crippen LogP contribution in [-0.2, 0) is 15.8 Å². The second kappa shape index (κ2) is 9.18. The van der Waals surface area contributed by atoms with Gasteiger partial charge in [0.05, 0.1) is 18.2 Å². The number of nitrogens with one attached hydrogen (secondary N) is 1. The molecule has 2 rings (SSSR count). The Labute approximate surface area is 172 Å². The van der Waals surface area contributed by atoms with E-state index in [1.165, 1.54) is 11.9 Å². The maximum Gasteiger partial charge on any atom is 0.256 e. The topological polar surface area (TPSA) is 41.6 Å². The lowest BCUT2D eigenvalue weighted by atomic mass is 10.1. The number of amides is 1. The van der Waals surface area contributed by atoms with Crippen molar-refractivity contribution in [3.63, 3.8) is 0 Å². The zero-order chi connectivity index (χ0) is 22.0. The van der Waals surface area contributed by atoms with Gasteiger partial charge in [-0.2, -0.15) is 0 Å². The molecule has 1 aromatic carbocycles. The third-order valence-electron chi connectivity index (χ3n) is 6.20. The van der Waals surface area contributed by atoms with Crippen molar-refractivity contribution in [1.82, 2.24) is 10.2 Å². The molecule has 0 saturated carbocycles. The summed E-state index contributed by atoms with van der Waals surface area (Å²) in [6.45, 7) is 9.95. The number of likely N-dealkylation sites (tertiary alicyclic amines) is 1. The quantitative estimate of drug-likeness (QED) is 0.653. The molecular weight excluding hydrogens is 397 g/mol. The molecule has 8 heteroatoms. The highest BCUT2D eigenvalue weighted by Gasteiger charge is 2.56. The first-order valence-electron chi connectivity index (χ1n) is 9.99. The summed E-state index contributed by atoms with van der Waals surface area (Å²) in [5.74, 6) is -0.378. The van der Waals surface area contributed by atoms with Gasteiger partial charge in [-0.05, 0) is 23.7 Å². The van der Waals surface area contributed by atoms with Gasteiger partial charge in [0.1, 0.15) is 6.17 Å². The summed E-state index contributed by atoms with van der Waals surface area (Å²) >= 11 is 0. The van der Waals surface area contributed by atoms with E-state index in [0.717, 1.165) is 5.56 Å². The predicted octanol–water partition coefficient (Wildman–Crippen LogP) is 4.37. The monoisotopic (exact) mass is 430 g/mol. The first-order chi connectivity index (χ1) is 13.4. The normalized spacial score (nSPS) is 26.1. The van der Waals surface area contributed by atoms with Crippen molar-refractivity contribution in [1.29, 1.82) is 0 Å². The van der Waals surface area contributed by atoms with Gasteiger partial charge in [-0.3, -0.25) is 9.69 Å². The molecule has 1 amide bonds. The van der Waals surface area contributed by atoms with Crippen LogP contribution in [0.3, 0.4) is 0 Å². The first kappa shape index (κ1) is 23.9. The molecule has 1 heterocycles. The van der Waals surface area contributed by atoms with Gasteiger partial charge in [-0.25, -0.2) is 13.2 Å². The molecule has 0 spiro atoms. The molecule has 4 nitrogen and oxygen atoms in total. The number of benzene rings is 1. The molecule has 1 aromatic rings. The van der Waals surface area contributed by atoms with Gasteiger partial charge in [0.25, 0.3) is 6.43 Å². The number of carbonyl (C=O) groups is 1. The number of hydrogen-bond donors (Lipinski definition) is 1. The van der Waals surface area contributed by atoms with E-state index in [-0.39, 0.29) is 23.9 Å². The van der Waals surface area contributed by atoms with Crippen LogP contribution in [0, 0.1) is 0 Å². The van der Waals surface area contributed by atoms with E-state index in [2.05, 4.69) is 5.32 Å². The molecule has 1 aliphatic rings. The highest BCUT2D eigenvalue weighted by atomic mass is 28.4. The third-order valence-corrected chi connectivity index (χ3v) is 10.7. The molecular formula is C21H33F3N2O2Si. The maximum atomic E-state index is 15.6. The van der Waals surface area contributed by atoms with Crippen molar-refractivity contribution in [2.75, 3.05) is 7.05 Å². The molecule has 0 unspecified atom stereocenters. The minimum absolute atomic E-state index is 0.134. The molecule has 4 atom stereocenters. The molecule has 0 aliphatic carbocycles. The van der Waals surface area contributed by atoms with Crippen LogP contribution in [-0.4, -0.2) is 57.0 Å². The predicted molar refractivity (Wildman–Crippen MR) is 111 cm³/mol. The van der Waals surface area contributed by atoms with Gasteiger partial charge in [-0.1, -0.05) is 51.1 Å². The SMILES string of the molecule is CNC(=O)C[C@@H]1[C@@H](F)[C@H](O[Si](C)(C)C(C)(C)C)[C@@H](C(F)F)N1Cc1ccccc1. The van der Waals surface area contributed by atoms with E-state index in [9.17, 15) is 13.6 Å². The summed E-state index contributed by atoms with van der Waals surface area (Å²) in [6.07, 6.45) is -5.93. The van der Waals surface area contributed by atoms with Gasteiger partial charge < -0.3 is 9.74 Å². The smallest absolute Gasteiger partial charge is 0.256 e. The van der Waals surface area contributed by atoms with Crippen LogP contribution in [0.4, 0.5) is 13.2 Å². The highest BCUT2D eigenvalue weighted by molar-refractivity contribution is 6.74.